The lowest BCUT2D eigenvalue weighted by molar-refractivity contribution is -0.124. The second-order valence-corrected chi connectivity index (χ2v) is 6.37. The Morgan fingerprint density at radius 1 is 1.18 bits per heavy atom. The molecule has 2 aromatic rings. The topological polar surface area (TPSA) is 67.8 Å². The molecule has 6 heteroatoms. The van der Waals surface area contributed by atoms with Crippen molar-refractivity contribution in [2.24, 2.45) is 0 Å². The molecule has 0 spiro atoms. The SMILES string of the molecule is COc1ccc(/C=C\C(=O)NO)c(OCc2ccc(F)cc2)c1CC=C(C)C. The van der Waals surface area contributed by atoms with Crippen LogP contribution in [0.15, 0.2) is 54.1 Å². The first-order valence-electron chi connectivity index (χ1n) is 8.77. The van der Waals surface area contributed by atoms with E-state index in [0.717, 1.165) is 16.7 Å². The standard InChI is InChI=1S/C22H24FNO4/c1-15(2)4-11-19-20(27-3)12-7-17(8-13-21(25)24-26)22(19)28-14-16-5-9-18(23)10-6-16/h4-10,12-13,26H,11,14H2,1-3H3,(H,24,25)/b13-8-. The number of methoxy groups -OCH3 is 1. The van der Waals surface area contributed by atoms with Crippen LogP contribution in [-0.2, 0) is 17.8 Å². The summed E-state index contributed by atoms with van der Waals surface area (Å²) in [6, 6.07) is 9.63. The van der Waals surface area contributed by atoms with Crippen molar-refractivity contribution in [2.45, 2.75) is 26.9 Å². The molecule has 2 rings (SSSR count). The summed E-state index contributed by atoms with van der Waals surface area (Å²) in [5.41, 5.74) is 5.00. The van der Waals surface area contributed by atoms with Gasteiger partial charge in [0, 0.05) is 17.2 Å². The minimum atomic E-state index is -0.647. The Labute approximate surface area is 164 Å². The zero-order valence-corrected chi connectivity index (χ0v) is 16.2. The Bertz CT molecular complexity index is 869. The van der Waals surface area contributed by atoms with E-state index in [-0.39, 0.29) is 12.4 Å². The third kappa shape index (κ3) is 5.96. The molecule has 0 bridgehead atoms. The van der Waals surface area contributed by atoms with E-state index in [1.165, 1.54) is 18.2 Å². The fourth-order valence-corrected chi connectivity index (χ4v) is 2.56. The number of rotatable bonds is 8. The lowest BCUT2D eigenvalue weighted by Gasteiger charge is -2.17. The fraction of sp³-hybridized carbons (Fsp3) is 0.227. The number of hydroxylamine groups is 1. The maximum atomic E-state index is 13.1. The number of hydrogen-bond donors (Lipinski definition) is 2. The quantitative estimate of drug-likeness (QED) is 0.305. The van der Waals surface area contributed by atoms with Crippen molar-refractivity contribution in [1.29, 1.82) is 0 Å². The van der Waals surface area contributed by atoms with Gasteiger partial charge in [-0.15, -0.1) is 0 Å². The van der Waals surface area contributed by atoms with Crippen molar-refractivity contribution < 1.29 is 23.9 Å². The van der Waals surface area contributed by atoms with Crippen LogP contribution in [-0.4, -0.2) is 18.2 Å². The molecule has 2 aromatic carbocycles. The van der Waals surface area contributed by atoms with Crippen molar-refractivity contribution in [1.82, 2.24) is 5.48 Å². The first-order chi connectivity index (χ1) is 13.4. The summed E-state index contributed by atoms with van der Waals surface area (Å²) < 4.78 is 24.7. The van der Waals surface area contributed by atoms with Gasteiger partial charge in [0.25, 0.3) is 5.91 Å². The van der Waals surface area contributed by atoms with Crippen LogP contribution in [0.4, 0.5) is 4.39 Å². The Morgan fingerprint density at radius 2 is 1.89 bits per heavy atom. The van der Waals surface area contributed by atoms with Crippen molar-refractivity contribution in [2.75, 3.05) is 7.11 Å². The van der Waals surface area contributed by atoms with Crippen LogP contribution >= 0.6 is 0 Å². The Hall–Kier alpha value is -3.12. The van der Waals surface area contributed by atoms with Crippen LogP contribution < -0.4 is 15.0 Å². The van der Waals surface area contributed by atoms with Crippen LogP contribution in [0.2, 0.25) is 0 Å². The van der Waals surface area contributed by atoms with Gasteiger partial charge in [0.2, 0.25) is 0 Å². The van der Waals surface area contributed by atoms with Gasteiger partial charge in [0.1, 0.15) is 23.9 Å². The molecule has 0 heterocycles. The number of allylic oxidation sites excluding steroid dienone is 2. The largest absolute Gasteiger partial charge is 0.496 e. The van der Waals surface area contributed by atoms with Gasteiger partial charge in [0.15, 0.2) is 0 Å². The fourth-order valence-electron chi connectivity index (χ4n) is 2.56. The molecule has 0 atom stereocenters. The smallest absolute Gasteiger partial charge is 0.267 e. The molecule has 0 fully saturated rings. The van der Waals surface area contributed by atoms with Gasteiger partial charge in [-0.2, -0.15) is 0 Å². The summed E-state index contributed by atoms with van der Waals surface area (Å²) in [4.78, 5) is 11.4. The Kier molecular flexibility index (Phi) is 7.77. The summed E-state index contributed by atoms with van der Waals surface area (Å²) in [5.74, 6) is 0.262. The predicted molar refractivity (Wildman–Crippen MR) is 106 cm³/mol. The van der Waals surface area contributed by atoms with Crippen molar-refractivity contribution in [3.05, 3.63) is 76.6 Å². The van der Waals surface area contributed by atoms with Crippen molar-refractivity contribution >= 4 is 12.0 Å². The average molecular weight is 385 g/mol. The monoisotopic (exact) mass is 385 g/mol. The molecule has 0 saturated heterocycles. The number of carbonyl (C=O) groups excluding carboxylic acids is 1. The van der Waals surface area contributed by atoms with Crippen LogP contribution in [0.25, 0.3) is 6.08 Å². The highest BCUT2D eigenvalue weighted by molar-refractivity contribution is 5.91. The molecule has 148 valence electrons. The lowest BCUT2D eigenvalue weighted by Crippen LogP contribution is -2.14. The molecular weight excluding hydrogens is 361 g/mol. The highest BCUT2D eigenvalue weighted by Crippen LogP contribution is 2.35. The number of ether oxygens (including phenoxy) is 2. The van der Waals surface area contributed by atoms with Gasteiger partial charge in [-0.05, 0) is 56.2 Å². The molecule has 0 aliphatic carbocycles. The molecule has 0 aliphatic rings. The number of amides is 1. The van der Waals surface area contributed by atoms with Gasteiger partial charge in [0.05, 0.1) is 7.11 Å². The second kappa shape index (κ2) is 10.3. The van der Waals surface area contributed by atoms with E-state index < -0.39 is 5.91 Å². The van der Waals surface area contributed by atoms with E-state index in [0.29, 0.717) is 23.5 Å². The number of benzene rings is 2. The molecule has 0 unspecified atom stereocenters. The molecule has 28 heavy (non-hydrogen) atoms. The summed E-state index contributed by atoms with van der Waals surface area (Å²) in [7, 11) is 1.58. The molecular formula is C22H24FNO4. The van der Waals surface area contributed by atoms with E-state index in [4.69, 9.17) is 14.7 Å². The Balaban J connectivity index is 2.44. The number of halogens is 1. The summed E-state index contributed by atoms with van der Waals surface area (Å²) in [6.45, 7) is 4.23. The Morgan fingerprint density at radius 3 is 2.50 bits per heavy atom. The van der Waals surface area contributed by atoms with Crippen LogP contribution in [0.1, 0.15) is 30.5 Å². The van der Waals surface area contributed by atoms with Gasteiger partial charge in [-0.1, -0.05) is 23.8 Å². The van der Waals surface area contributed by atoms with Gasteiger partial charge < -0.3 is 9.47 Å². The first-order valence-corrected chi connectivity index (χ1v) is 8.77. The average Bonchev–Trinajstić information content (AvgIpc) is 2.69. The predicted octanol–water partition coefficient (Wildman–Crippen LogP) is 4.44. The third-order valence-electron chi connectivity index (χ3n) is 4.00. The molecule has 2 N–H and O–H groups in total. The molecule has 0 aliphatic heterocycles. The molecule has 1 amide bonds. The van der Waals surface area contributed by atoms with Crippen LogP contribution in [0.5, 0.6) is 11.5 Å². The van der Waals surface area contributed by atoms with Crippen molar-refractivity contribution in [3.8, 4) is 11.5 Å². The highest BCUT2D eigenvalue weighted by Gasteiger charge is 2.14. The lowest BCUT2D eigenvalue weighted by atomic mass is 10.0. The first kappa shape index (κ1) is 21.2. The van der Waals surface area contributed by atoms with Gasteiger partial charge in [-0.3, -0.25) is 10.0 Å². The van der Waals surface area contributed by atoms with E-state index in [1.807, 2.05) is 13.8 Å². The van der Waals surface area contributed by atoms with Gasteiger partial charge in [-0.25, -0.2) is 9.87 Å². The zero-order chi connectivity index (χ0) is 20.5. The molecule has 5 nitrogen and oxygen atoms in total. The van der Waals surface area contributed by atoms with E-state index >= 15 is 0 Å². The number of hydrogen-bond acceptors (Lipinski definition) is 4. The maximum absolute atomic E-state index is 13.1. The highest BCUT2D eigenvalue weighted by atomic mass is 19.1. The minimum absolute atomic E-state index is 0.225. The number of nitrogens with one attached hydrogen (secondary N) is 1. The van der Waals surface area contributed by atoms with E-state index in [2.05, 4.69) is 6.08 Å². The second-order valence-electron chi connectivity index (χ2n) is 6.37. The summed E-state index contributed by atoms with van der Waals surface area (Å²) in [6.07, 6.45) is 5.39. The maximum Gasteiger partial charge on any atom is 0.267 e. The van der Waals surface area contributed by atoms with Crippen LogP contribution in [0.3, 0.4) is 0 Å². The normalized spacial score (nSPS) is 10.6. The van der Waals surface area contributed by atoms with Crippen molar-refractivity contribution in [3.63, 3.8) is 0 Å². The van der Waals surface area contributed by atoms with E-state index in [1.54, 1.807) is 42.9 Å². The van der Waals surface area contributed by atoms with Crippen LogP contribution in [0, 0.1) is 5.82 Å². The minimum Gasteiger partial charge on any atom is -0.496 e. The molecule has 0 radical (unpaired) electrons. The zero-order valence-electron chi connectivity index (χ0n) is 16.2. The molecule has 0 aromatic heterocycles. The van der Waals surface area contributed by atoms with Gasteiger partial charge >= 0.3 is 0 Å². The summed E-state index contributed by atoms with van der Waals surface area (Å²) in [5, 5.41) is 8.70. The third-order valence-corrected chi connectivity index (χ3v) is 4.00. The number of carbonyl (C=O) groups is 1. The molecule has 0 saturated carbocycles. The summed E-state index contributed by atoms with van der Waals surface area (Å²) >= 11 is 0. The van der Waals surface area contributed by atoms with E-state index in [9.17, 15) is 9.18 Å².